The molecule has 2 N–H and O–H groups in total. The lowest BCUT2D eigenvalue weighted by Crippen LogP contribution is -2.28. The van der Waals surface area contributed by atoms with Gasteiger partial charge in [-0.15, -0.1) is 0 Å². The van der Waals surface area contributed by atoms with Crippen molar-refractivity contribution in [1.82, 2.24) is 25.1 Å². The molecule has 4 heterocycles. The van der Waals surface area contributed by atoms with Gasteiger partial charge in [0, 0.05) is 36.5 Å². The van der Waals surface area contributed by atoms with E-state index >= 15 is 0 Å². The van der Waals surface area contributed by atoms with Gasteiger partial charge in [0.25, 0.3) is 5.91 Å². The summed E-state index contributed by atoms with van der Waals surface area (Å²) >= 11 is 0. The molecule has 7 heteroatoms. The second-order valence-electron chi connectivity index (χ2n) is 7.48. The zero-order valence-electron chi connectivity index (χ0n) is 16.5. The van der Waals surface area contributed by atoms with Gasteiger partial charge in [-0.25, -0.2) is 4.98 Å². The number of anilines is 1. The number of aromatic amines is 1. The molecule has 4 aromatic rings. The number of benzene rings is 1. The Hall–Kier alpha value is -3.74. The highest BCUT2D eigenvalue weighted by Gasteiger charge is 2.29. The summed E-state index contributed by atoms with van der Waals surface area (Å²) in [4.78, 5) is 23.7. The van der Waals surface area contributed by atoms with Crippen LogP contribution in [0.4, 0.5) is 5.82 Å². The molecule has 7 nitrogen and oxygen atoms in total. The number of pyridine rings is 2. The summed E-state index contributed by atoms with van der Waals surface area (Å²) in [6.07, 6.45) is 2.69. The van der Waals surface area contributed by atoms with Crippen molar-refractivity contribution in [2.24, 2.45) is 0 Å². The number of hydrogen-bond acceptors (Lipinski definition) is 5. The minimum absolute atomic E-state index is 0.0849. The topological polar surface area (TPSA) is 86.8 Å². The number of nitrogens with zero attached hydrogens (tertiary/aromatic N) is 4. The summed E-state index contributed by atoms with van der Waals surface area (Å²) in [7, 11) is 0. The summed E-state index contributed by atoms with van der Waals surface area (Å²) in [5.74, 6) is 1.08. The standard InChI is InChI=1S/C23H22N6O/c30-23(16-6-2-1-3-7-16)29-13-11-17(15-29)20-10-9-19-21(27-28-22(19)26-20)25-14-18-8-4-5-12-24-18/h1-10,12,17H,11,13-15H2,(H2,25,26,27,28)/t17-/m0/s1. The monoisotopic (exact) mass is 398 g/mol. The molecule has 1 amide bonds. The summed E-state index contributed by atoms with van der Waals surface area (Å²) in [6.45, 7) is 2.03. The summed E-state index contributed by atoms with van der Waals surface area (Å²) < 4.78 is 0. The van der Waals surface area contributed by atoms with Gasteiger partial charge in [-0.05, 0) is 42.8 Å². The lowest BCUT2D eigenvalue weighted by molar-refractivity contribution is 0.0790. The minimum Gasteiger partial charge on any atom is -0.362 e. The van der Waals surface area contributed by atoms with Crippen LogP contribution in [0, 0.1) is 0 Å². The van der Waals surface area contributed by atoms with Gasteiger partial charge in [-0.2, -0.15) is 5.10 Å². The van der Waals surface area contributed by atoms with Crippen LogP contribution in [0.5, 0.6) is 0 Å². The predicted octanol–water partition coefficient (Wildman–Crippen LogP) is 3.59. The van der Waals surface area contributed by atoms with E-state index in [1.54, 1.807) is 6.20 Å². The van der Waals surface area contributed by atoms with E-state index in [-0.39, 0.29) is 11.8 Å². The van der Waals surface area contributed by atoms with Gasteiger partial charge >= 0.3 is 0 Å². The first kappa shape index (κ1) is 18.3. The molecule has 0 spiro atoms. The molecule has 0 bridgehead atoms. The van der Waals surface area contributed by atoms with Crippen molar-refractivity contribution >= 4 is 22.8 Å². The van der Waals surface area contributed by atoms with Gasteiger partial charge in [-0.1, -0.05) is 24.3 Å². The Kier molecular flexibility index (Phi) is 4.85. The molecule has 1 aliphatic rings. The molecule has 0 saturated carbocycles. The van der Waals surface area contributed by atoms with E-state index in [4.69, 9.17) is 4.98 Å². The molecule has 3 aromatic heterocycles. The van der Waals surface area contributed by atoms with Crippen LogP contribution in [0.15, 0.2) is 66.9 Å². The third kappa shape index (κ3) is 3.61. The molecule has 0 radical (unpaired) electrons. The number of carbonyl (C=O) groups is 1. The predicted molar refractivity (Wildman–Crippen MR) is 115 cm³/mol. The van der Waals surface area contributed by atoms with E-state index in [2.05, 4.69) is 20.5 Å². The van der Waals surface area contributed by atoms with Crippen molar-refractivity contribution in [2.45, 2.75) is 18.9 Å². The van der Waals surface area contributed by atoms with E-state index in [0.717, 1.165) is 46.8 Å². The number of fused-ring (bicyclic) bond motifs is 1. The molecule has 150 valence electrons. The first-order chi connectivity index (χ1) is 14.8. The molecule has 1 saturated heterocycles. The number of likely N-dealkylation sites (tertiary alicyclic amines) is 1. The Bertz CT molecular complexity index is 1160. The van der Waals surface area contributed by atoms with E-state index in [0.29, 0.717) is 13.1 Å². The first-order valence-electron chi connectivity index (χ1n) is 10.1. The van der Waals surface area contributed by atoms with Crippen molar-refractivity contribution in [3.05, 3.63) is 83.8 Å². The van der Waals surface area contributed by atoms with E-state index in [1.165, 1.54) is 0 Å². The maximum atomic E-state index is 12.7. The van der Waals surface area contributed by atoms with Crippen molar-refractivity contribution in [2.75, 3.05) is 18.4 Å². The SMILES string of the molecule is O=C(c1ccccc1)N1CC[C@H](c2ccc3c(NCc4ccccn4)n[nH]c3n2)C1. The van der Waals surface area contributed by atoms with Crippen molar-refractivity contribution in [3.8, 4) is 0 Å². The van der Waals surface area contributed by atoms with E-state index in [1.807, 2.05) is 65.6 Å². The van der Waals surface area contributed by atoms with Crippen LogP contribution >= 0.6 is 0 Å². The molecular weight excluding hydrogens is 376 g/mol. The van der Waals surface area contributed by atoms with Crippen LogP contribution in [0.3, 0.4) is 0 Å². The summed E-state index contributed by atoms with van der Waals surface area (Å²) in [6, 6.07) is 19.4. The fraction of sp³-hybridized carbons (Fsp3) is 0.217. The third-order valence-corrected chi connectivity index (χ3v) is 5.52. The lowest BCUT2D eigenvalue weighted by Gasteiger charge is -2.16. The van der Waals surface area contributed by atoms with Crippen LogP contribution in [0.25, 0.3) is 11.0 Å². The second-order valence-corrected chi connectivity index (χ2v) is 7.48. The number of hydrogen-bond donors (Lipinski definition) is 2. The Balaban J connectivity index is 1.28. The average molecular weight is 398 g/mol. The molecule has 1 aliphatic heterocycles. The van der Waals surface area contributed by atoms with Gasteiger partial charge < -0.3 is 10.2 Å². The highest BCUT2D eigenvalue weighted by molar-refractivity contribution is 5.94. The Labute approximate surface area is 174 Å². The van der Waals surface area contributed by atoms with Crippen LogP contribution in [-0.2, 0) is 6.54 Å². The van der Waals surface area contributed by atoms with Gasteiger partial charge in [0.15, 0.2) is 11.5 Å². The Morgan fingerprint density at radius 3 is 2.80 bits per heavy atom. The zero-order valence-corrected chi connectivity index (χ0v) is 16.5. The number of aromatic nitrogens is 4. The Morgan fingerprint density at radius 2 is 1.97 bits per heavy atom. The summed E-state index contributed by atoms with van der Waals surface area (Å²) in [5, 5.41) is 11.7. The van der Waals surface area contributed by atoms with Gasteiger partial charge in [0.1, 0.15) is 0 Å². The minimum atomic E-state index is 0.0849. The summed E-state index contributed by atoms with van der Waals surface area (Å²) in [5.41, 5.74) is 3.43. The molecule has 0 aliphatic carbocycles. The van der Waals surface area contributed by atoms with Crippen molar-refractivity contribution in [3.63, 3.8) is 0 Å². The molecule has 0 unspecified atom stereocenters. The van der Waals surface area contributed by atoms with E-state index in [9.17, 15) is 4.79 Å². The fourth-order valence-electron chi connectivity index (χ4n) is 3.91. The molecular formula is C23H22N6O. The van der Waals surface area contributed by atoms with E-state index < -0.39 is 0 Å². The highest BCUT2D eigenvalue weighted by atomic mass is 16.2. The molecule has 1 atom stereocenters. The number of H-pyrrole nitrogens is 1. The highest BCUT2D eigenvalue weighted by Crippen LogP contribution is 2.29. The fourth-order valence-corrected chi connectivity index (χ4v) is 3.91. The van der Waals surface area contributed by atoms with Crippen LogP contribution < -0.4 is 5.32 Å². The van der Waals surface area contributed by atoms with Gasteiger partial charge in [0.05, 0.1) is 17.6 Å². The van der Waals surface area contributed by atoms with Gasteiger partial charge in [0.2, 0.25) is 0 Å². The average Bonchev–Trinajstić information content (AvgIpc) is 3.45. The van der Waals surface area contributed by atoms with Gasteiger partial charge in [-0.3, -0.25) is 14.9 Å². The normalized spacial score (nSPS) is 16.1. The van der Waals surface area contributed by atoms with Crippen molar-refractivity contribution in [1.29, 1.82) is 0 Å². The second kappa shape index (κ2) is 7.94. The number of nitrogens with one attached hydrogen (secondary N) is 2. The van der Waals surface area contributed by atoms with Crippen molar-refractivity contribution < 1.29 is 4.79 Å². The quantitative estimate of drug-likeness (QED) is 0.536. The Morgan fingerprint density at radius 1 is 1.10 bits per heavy atom. The number of amides is 1. The smallest absolute Gasteiger partial charge is 0.253 e. The van der Waals surface area contributed by atoms with Crippen LogP contribution in [0.1, 0.15) is 34.1 Å². The lowest BCUT2D eigenvalue weighted by atomic mass is 10.0. The third-order valence-electron chi connectivity index (χ3n) is 5.52. The molecule has 1 aromatic carbocycles. The zero-order chi connectivity index (χ0) is 20.3. The first-order valence-corrected chi connectivity index (χ1v) is 10.1. The van der Waals surface area contributed by atoms with Crippen LogP contribution in [-0.4, -0.2) is 44.1 Å². The molecule has 5 rings (SSSR count). The maximum absolute atomic E-state index is 12.7. The largest absolute Gasteiger partial charge is 0.362 e. The number of rotatable bonds is 5. The van der Waals surface area contributed by atoms with Crippen LogP contribution in [0.2, 0.25) is 0 Å². The molecule has 1 fully saturated rings. The number of carbonyl (C=O) groups excluding carboxylic acids is 1. The molecule has 30 heavy (non-hydrogen) atoms. The maximum Gasteiger partial charge on any atom is 0.253 e.